The summed E-state index contributed by atoms with van der Waals surface area (Å²) in [4.78, 5) is 4.05. The van der Waals surface area contributed by atoms with E-state index in [1.54, 1.807) is 18.5 Å². The maximum Gasteiger partial charge on any atom is 0.183 e. The Morgan fingerprint density at radius 2 is 2.11 bits per heavy atom. The lowest BCUT2D eigenvalue weighted by atomic mass is 10.2. The van der Waals surface area contributed by atoms with E-state index >= 15 is 0 Å². The third-order valence-corrected chi connectivity index (χ3v) is 3.59. The summed E-state index contributed by atoms with van der Waals surface area (Å²) < 4.78 is 14.4. The zero-order chi connectivity index (χ0) is 13.7. The van der Waals surface area contributed by atoms with Crippen LogP contribution in [0.4, 0.5) is 10.1 Å². The van der Waals surface area contributed by atoms with Crippen molar-refractivity contribution in [3.8, 4) is 12.3 Å². The summed E-state index contributed by atoms with van der Waals surface area (Å²) in [6.45, 7) is 0. The van der Waals surface area contributed by atoms with Crippen LogP contribution in [-0.2, 0) is 0 Å². The molecule has 0 spiro atoms. The van der Waals surface area contributed by atoms with Crippen molar-refractivity contribution in [3.63, 3.8) is 0 Å². The van der Waals surface area contributed by atoms with E-state index in [4.69, 9.17) is 10.5 Å². The number of rotatable bonds is 1. The number of nitrogens with one attached hydrogen (secondary N) is 1. The first-order valence-corrected chi connectivity index (χ1v) is 7.21. The van der Waals surface area contributed by atoms with Gasteiger partial charge in [0.05, 0.1) is 4.47 Å². The Balaban J connectivity index is 3.47. The molecule has 1 N–H and O–H groups in total. The first-order valence-electron chi connectivity index (χ1n) is 4.40. The van der Waals surface area contributed by atoms with E-state index < -0.39 is 5.82 Å². The van der Waals surface area contributed by atoms with Crippen LogP contribution in [0.5, 0.6) is 0 Å². The molecular formula is C10H5Br2FN4S. The molecule has 0 saturated carbocycles. The van der Waals surface area contributed by atoms with E-state index in [-0.39, 0.29) is 20.9 Å². The molecule has 0 aromatic heterocycles. The molecule has 0 atom stereocenters. The normalized spacial score (nSPS) is 10.7. The summed E-state index contributed by atoms with van der Waals surface area (Å²) in [7, 11) is 0. The number of thioether (sulfide) groups is 1. The number of amidine groups is 1. The standard InChI is InChI=1S/C10H5Br2FN4S/c1-18-10(16-4-15)17-9-5(3-14)8(13)6(11)2-7(9)12/h2H,1H3,(H,16,17). The van der Waals surface area contributed by atoms with Crippen molar-refractivity contribution in [2.75, 3.05) is 6.26 Å². The Hall–Kier alpha value is -1.09. The van der Waals surface area contributed by atoms with Crippen LogP contribution >= 0.6 is 43.6 Å². The number of aliphatic imine (C=N–C) groups is 1. The van der Waals surface area contributed by atoms with Crippen molar-refractivity contribution in [1.29, 1.82) is 10.5 Å². The molecule has 1 rings (SSSR count). The topological polar surface area (TPSA) is 72.0 Å². The highest BCUT2D eigenvalue weighted by Gasteiger charge is 2.16. The van der Waals surface area contributed by atoms with Gasteiger partial charge in [0.1, 0.15) is 17.3 Å². The Kier molecular flexibility index (Phi) is 5.60. The van der Waals surface area contributed by atoms with Crippen LogP contribution in [-0.4, -0.2) is 11.4 Å². The average molecular weight is 392 g/mol. The highest BCUT2D eigenvalue weighted by molar-refractivity contribution is 9.11. The summed E-state index contributed by atoms with van der Waals surface area (Å²) in [5, 5.41) is 20.1. The monoisotopic (exact) mass is 390 g/mol. The van der Waals surface area contributed by atoms with Gasteiger partial charge in [0.15, 0.2) is 17.2 Å². The fourth-order valence-electron chi connectivity index (χ4n) is 1.07. The van der Waals surface area contributed by atoms with E-state index in [1.807, 2.05) is 0 Å². The molecule has 1 aromatic rings. The van der Waals surface area contributed by atoms with Crippen LogP contribution in [0, 0.1) is 28.6 Å². The SMILES string of the molecule is CSC(=Nc1c(Br)cc(Br)c(F)c1C#N)NC#N. The fraction of sp³-hybridized carbons (Fsp3) is 0.100. The molecule has 0 saturated heterocycles. The maximum atomic E-state index is 13.7. The van der Waals surface area contributed by atoms with Crippen molar-refractivity contribution in [1.82, 2.24) is 5.32 Å². The van der Waals surface area contributed by atoms with Gasteiger partial charge in [0.25, 0.3) is 0 Å². The van der Waals surface area contributed by atoms with E-state index in [0.29, 0.717) is 4.47 Å². The van der Waals surface area contributed by atoms with Crippen molar-refractivity contribution < 1.29 is 4.39 Å². The van der Waals surface area contributed by atoms with Gasteiger partial charge >= 0.3 is 0 Å². The molecule has 92 valence electrons. The minimum atomic E-state index is -0.683. The number of benzene rings is 1. The van der Waals surface area contributed by atoms with Gasteiger partial charge in [0.2, 0.25) is 0 Å². The van der Waals surface area contributed by atoms with Crippen LogP contribution in [0.2, 0.25) is 0 Å². The molecule has 0 amide bonds. The van der Waals surface area contributed by atoms with Crippen molar-refractivity contribution in [2.45, 2.75) is 0 Å². The molecule has 0 radical (unpaired) electrons. The molecule has 1 aromatic carbocycles. The van der Waals surface area contributed by atoms with Gasteiger partial charge < -0.3 is 0 Å². The molecule has 0 aliphatic rings. The molecule has 0 unspecified atom stereocenters. The first-order chi connectivity index (χ1) is 8.54. The molecule has 0 bridgehead atoms. The largest absolute Gasteiger partial charge is 0.271 e. The Bertz CT molecular complexity index is 589. The summed E-state index contributed by atoms with van der Waals surface area (Å²) in [6.07, 6.45) is 3.43. The second kappa shape index (κ2) is 6.74. The molecule has 0 aliphatic heterocycles. The molecule has 18 heavy (non-hydrogen) atoms. The third kappa shape index (κ3) is 3.22. The van der Waals surface area contributed by atoms with Gasteiger partial charge in [-0.25, -0.2) is 9.38 Å². The lowest BCUT2D eigenvalue weighted by molar-refractivity contribution is 0.617. The quantitative estimate of drug-likeness (QED) is 0.261. The molecule has 8 heteroatoms. The number of nitrogens with zero attached hydrogens (tertiary/aromatic N) is 3. The first kappa shape index (κ1) is 15.0. The van der Waals surface area contributed by atoms with Crippen molar-refractivity contribution in [3.05, 3.63) is 26.4 Å². The number of hydrogen-bond acceptors (Lipinski definition) is 4. The molecule has 0 heterocycles. The predicted octanol–water partition coefficient (Wildman–Crippen LogP) is 3.64. The number of nitriles is 2. The summed E-state index contributed by atoms with van der Waals surface area (Å²) in [5.41, 5.74) is -0.0483. The number of hydrogen-bond donors (Lipinski definition) is 1. The molecule has 4 nitrogen and oxygen atoms in total. The van der Waals surface area contributed by atoms with Gasteiger partial charge in [-0.1, -0.05) is 11.8 Å². The maximum absolute atomic E-state index is 13.7. The minimum Gasteiger partial charge on any atom is -0.271 e. The molecule has 0 aliphatic carbocycles. The van der Waals surface area contributed by atoms with Crippen molar-refractivity contribution in [2.24, 2.45) is 4.99 Å². The molecule has 0 fully saturated rings. The fourth-order valence-corrected chi connectivity index (χ4v) is 2.65. The minimum absolute atomic E-state index is 0.144. The highest BCUT2D eigenvalue weighted by Crippen LogP contribution is 2.35. The lowest BCUT2D eigenvalue weighted by Crippen LogP contribution is -2.12. The second-order valence-electron chi connectivity index (χ2n) is 2.85. The van der Waals surface area contributed by atoms with E-state index in [0.717, 1.165) is 0 Å². The summed E-state index contributed by atoms with van der Waals surface area (Å²) in [5.74, 6) is -0.683. The Morgan fingerprint density at radius 3 is 2.61 bits per heavy atom. The van der Waals surface area contributed by atoms with Crippen LogP contribution in [0.25, 0.3) is 0 Å². The third-order valence-electron chi connectivity index (χ3n) is 1.83. The number of halogens is 3. The van der Waals surface area contributed by atoms with Crippen LogP contribution in [0.1, 0.15) is 5.56 Å². The Labute approximate surface area is 124 Å². The van der Waals surface area contributed by atoms with Crippen LogP contribution < -0.4 is 5.32 Å². The van der Waals surface area contributed by atoms with E-state index in [1.165, 1.54) is 17.8 Å². The second-order valence-corrected chi connectivity index (χ2v) is 5.35. The van der Waals surface area contributed by atoms with Gasteiger partial charge in [-0.2, -0.15) is 10.5 Å². The predicted molar refractivity (Wildman–Crippen MR) is 75.9 cm³/mol. The van der Waals surface area contributed by atoms with Gasteiger partial charge in [-0.05, 0) is 44.2 Å². The van der Waals surface area contributed by atoms with Gasteiger partial charge in [0, 0.05) is 4.47 Å². The molecular weight excluding hydrogens is 387 g/mol. The van der Waals surface area contributed by atoms with E-state index in [2.05, 4.69) is 42.2 Å². The smallest absolute Gasteiger partial charge is 0.183 e. The van der Waals surface area contributed by atoms with Crippen molar-refractivity contribution >= 4 is 54.5 Å². The Morgan fingerprint density at radius 1 is 1.44 bits per heavy atom. The van der Waals surface area contributed by atoms with Crippen LogP contribution in [0.3, 0.4) is 0 Å². The zero-order valence-electron chi connectivity index (χ0n) is 8.96. The average Bonchev–Trinajstić information content (AvgIpc) is 2.35. The van der Waals surface area contributed by atoms with Crippen LogP contribution in [0.15, 0.2) is 20.0 Å². The van der Waals surface area contributed by atoms with Gasteiger partial charge in [-0.3, -0.25) is 5.32 Å². The van der Waals surface area contributed by atoms with Gasteiger partial charge in [-0.15, -0.1) is 0 Å². The zero-order valence-corrected chi connectivity index (χ0v) is 12.9. The lowest BCUT2D eigenvalue weighted by Gasteiger charge is -2.06. The summed E-state index contributed by atoms with van der Waals surface area (Å²) >= 11 is 7.39. The highest BCUT2D eigenvalue weighted by atomic mass is 79.9. The van der Waals surface area contributed by atoms with E-state index in [9.17, 15) is 4.39 Å². The summed E-state index contributed by atoms with van der Waals surface area (Å²) in [6, 6.07) is 3.21.